The topological polar surface area (TPSA) is 497 Å². The fourth-order valence-corrected chi connectivity index (χ4v) is 23.1. The zero-order valence-corrected chi connectivity index (χ0v) is 84.1. The predicted molar refractivity (Wildman–Crippen MR) is 531 cm³/mol. The van der Waals surface area contributed by atoms with Crippen molar-refractivity contribution in [3.8, 4) is 5.88 Å². The molecule has 0 aliphatic rings. The number of aromatic nitrogens is 5. The smallest absolute Gasteiger partial charge is 0.272 e. The third-order valence-electron chi connectivity index (χ3n) is 24.0. The number of aromatic amines is 2. The number of carbonyl (C=O) groups is 6. The van der Waals surface area contributed by atoms with Gasteiger partial charge in [0.2, 0.25) is 17.7 Å². The molecule has 3 aromatic heterocycles. The Balaban J connectivity index is 0.000000289. The van der Waals surface area contributed by atoms with Gasteiger partial charge in [0, 0.05) is 100 Å². The number of H-pyrrole nitrogens is 2. The molecule has 40 heteroatoms. The fraction of sp³-hybridized carbons (Fsp3) is 0.471. The summed E-state index contributed by atoms with van der Waals surface area (Å²) >= 11 is 0. The van der Waals surface area contributed by atoms with E-state index < -0.39 is 205 Å². The van der Waals surface area contributed by atoms with Crippen LogP contribution in [0.5, 0.6) is 5.88 Å². The Morgan fingerprint density at radius 2 is 0.704 bits per heavy atom. The number of aromatic hydroxyl groups is 1. The highest BCUT2D eigenvalue weighted by Gasteiger charge is 2.41. The van der Waals surface area contributed by atoms with Crippen molar-refractivity contribution in [2.75, 3.05) is 36.9 Å². The molecule has 6 aromatic carbocycles. The normalized spacial score (nSPS) is 13.6. The molecule has 0 bridgehead atoms. The Hall–Kier alpha value is -11.6. The number of aryl methyl sites for hydroxylation is 3. The number of hydrogen-bond acceptors (Lipinski definition) is 23. The van der Waals surface area contributed by atoms with Crippen LogP contribution in [0.1, 0.15) is 221 Å². The number of halogens is 6. The van der Waals surface area contributed by atoms with E-state index in [4.69, 9.17) is 17.2 Å². The Morgan fingerprint density at radius 3 is 0.986 bits per heavy atom. The minimum absolute atomic E-state index is 0.0190. The lowest BCUT2D eigenvalue weighted by Gasteiger charge is -2.32. The number of rotatable bonds is 54. The molecule has 0 aliphatic heterocycles. The molecule has 0 fully saturated rings. The maximum absolute atomic E-state index is 14.4. The van der Waals surface area contributed by atoms with Gasteiger partial charge in [0.15, 0.2) is 35.4 Å². The van der Waals surface area contributed by atoms with Gasteiger partial charge in [0.05, 0.1) is 75.6 Å². The number of aliphatic hydroxyl groups excluding tert-OH is 3. The Kier molecular flexibility index (Phi) is 47.6. The molecule has 776 valence electrons. The number of imidazole rings is 1. The molecule has 0 aliphatic carbocycles. The highest BCUT2D eigenvalue weighted by molar-refractivity contribution is 7.92. The average Bonchev–Trinajstić information content (AvgIpc) is 0.895. The number of nitrogens with zero attached hydrogens (tertiary/aromatic N) is 6. The van der Waals surface area contributed by atoms with Crippen LogP contribution in [0.4, 0.5) is 26.3 Å². The first-order chi connectivity index (χ1) is 67.4. The standard InChI is InChI=1S/C35H46F2N4O7S.C34H45F2N5O5S.C33H45F2N5O5S/c1-4-8-28(9-5-2)49(47,48)21-30(39-34(45)25-16-32(43)40-33(44)17-25)35(46)41(19-23-11-7-10-22(6-3)12-23)20-31(42)29(38)15-24-13-26(36)18-27(37)14-24;1-4-8-28(9-5-2)47(45,46)22-31(40-33(43)30-19-38-12-13-39-30)34(44)41(20-24-11-7-10-23(6-3)14-24)21-32(42)29(37)17-25-15-26(35)18-27(36)16-25;1-4-8-27(9-5-2)46(44,45)20-30(39-32(42)29-17-37-21-38-29)33(43)40(18-23-11-7-10-22(6-3)12-23)19-31(41)28(36)15-24-13-25(34)16-26(35)14-24/h7,10-14,16-18,28-31,42H,4-6,8-9,15,19-21,38H2,1-3H3,(H,39,45)(H2,40,43,44);7,10-16,18-19,28-29,31-32,42H,4-6,8-9,17,20-22,37H2,1-3H3,(H,40,43);7,10-14,16-17,21,27-28,30-31,41H,4-6,8-9,15,18-20,36H2,1-3H3,(H,37,38)(H,39,42)/t29-,30?,31+;29-,31?,32+;28-,30?,31+/m000/s1. The van der Waals surface area contributed by atoms with Crippen LogP contribution < -0.4 is 38.7 Å². The summed E-state index contributed by atoms with van der Waals surface area (Å²) in [6.45, 7) is 15.9. The van der Waals surface area contributed by atoms with Crippen LogP contribution >= 0.6 is 0 Å². The molecule has 9 atom stereocenters. The third kappa shape index (κ3) is 37.9. The summed E-state index contributed by atoms with van der Waals surface area (Å²) in [5, 5.41) is 48.8. The molecule has 9 rings (SSSR count). The van der Waals surface area contributed by atoms with Crippen molar-refractivity contribution < 1.29 is 101 Å². The minimum atomic E-state index is -3.98. The number of pyridine rings is 1. The molecule has 0 saturated carbocycles. The Morgan fingerprint density at radius 1 is 0.394 bits per heavy atom. The summed E-state index contributed by atoms with van der Waals surface area (Å²) in [7, 11) is -11.7. The zero-order chi connectivity index (χ0) is 105. The van der Waals surface area contributed by atoms with Crippen molar-refractivity contribution in [1.29, 1.82) is 0 Å². The van der Waals surface area contributed by atoms with E-state index in [1.165, 1.54) is 45.8 Å². The first-order valence-corrected chi connectivity index (χ1v) is 53.0. The van der Waals surface area contributed by atoms with Crippen molar-refractivity contribution >= 4 is 65.0 Å². The third-order valence-corrected chi connectivity index (χ3v) is 30.8. The molecule has 0 spiro atoms. The second kappa shape index (κ2) is 57.6. The molecule has 31 nitrogen and oxygen atoms in total. The summed E-state index contributed by atoms with van der Waals surface area (Å²) in [6.07, 6.45) is 10.0. The molecule has 15 N–H and O–H groups in total. The van der Waals surface area contributed by atoms with Crippen molar-refractivity contribution in [1.82, 2.24) is 55.6 Å². The second-order valence-corrected chi connectivity index (χ2v) is 42.6. The highest BCUT2D eigenvalue weighted by Crippen LogP contribution is 2.27. The number of amides is 6. The van der Waals surface area contributed by atoms with E-state index >= 15 is 0 Å². The van der Waals surface area contributed by atoms with Gasteiger partial charge in [-0.1, -0.05) is 174 Å². The lowest BCUT2D eigenvalue weighted by atomic mass is 10.0. The number of nitrogens with two attached hydrogens (primary N) is 3. The number of aliphatic hydroxyl groups is 3. The molecule has 3 heterocycles. The van der Waals surface area contributed by atoms with Gasteiger partial charge in [0.1, 0.15) is 64.4 Å². The molecule has 3 unspecified atom stereocenters. The summed E-state index contributed by atoms with van der Waals surface area (Å²) in [5.74, 6) is -12.3. The molecule has 0 saturated heterocycles. The lowest BCUT2D eigenvalue weighted by molar-refractivity contribution is -0.135. The molecular formula is C102H136F6N14O17S3. The van der Waals surface area contributed by atoms with Crippen LogP contribution in [0.25, 0.3) is 0 Å². The monoisotopic (exact) mass is 2040 g/mol. The van der Waals surface area contributed by atoms with Gasteiger partial charge in [-0.05, 0) is 164 Å². The van der Waals surface area contributed by atoms with Crippen molar-refractivity contribution in [2.24, 2.45) is 17.2 Å². The van der Waals surface area contributed by atoms with Gasteiger partial charge in [-0.25, -0.2) is 61.6 Å². The molecule has 142 heavy (non-hydrogen) atoms. The molecule has 0 radical (unpaired) electrons. The van der Waals surface area contributed by atoms with Gasteiger partial charge in [-0.3, -0.25) is 43.5 Å². The fourth-order valence-electron chi connectivity index (χ4n) is 16.6. The number of nitrogens with one attached hydrogen (secondary N) is 5. The van der Waals surface area contributed by atoms with E-state index in [2.05, 4.69) is 40.9 Å². The largest absolute Gasteiger partial charge is 0.494 e. The van der Waals surface area contributed by atoms with Crippen LogP contribution in [-0.2, 0) is 102 Å². The summed E-state index contributed by atoms with van der Waals surface area (Å²) in [5.41, 5.74) is 23.3. The second-order valence-electron chi connectivity index (χ2n) is 35.7. The van der Waals surface area contributed by atoms with E-state index in [9.17, 15) is 106 Å². The number of carbonyl (C=O) groups excluding carboxylic acids is 6. The maximum atomic E-state index is 14.4. The number of hydrogen-bond donors (Lipinski definition) is 12. The van der Waals surface area contributed by atoms with Crippen molar-refractivity contribution in [3.63, 3.8) is 0 Å². The van der Waals surface area contributed by atoms with Gasteiger partial charge in [0.25, 0.3) is 23.3 Å². The summed E-state index contributed by atoms with van der Waals surface area (Å²) in [4.78, 5) is 115. The van der Waals surface area contributed by atoms with E-state index in [0.717, 1.165) is 95.8 Å². The van der Waals surface area contributed by atoms with Crippen molar-refractivity contribution in [3.05, 3.63) is 283 Å². The number of benzene rings is 6. The molecular weight excluding hydrogens is 1900 g/mol. The van der Waals surface area contributed by atoms with Crippen LogP contribution in [0.2, 0.25) is 0 Å². The first-order valence-electron chi connectivity index (χ1n) is 47.9. The average molecular weight is 2040 g/mol. The maximum Gasteiger partial charge on any atom is 0.272 e. The SMILES string of the molecule is CCCC(CCC)S(=O)(=O)CC(NC(=O)c1cc(O)[nH]c(=O)c1)C(=O)N(Cc1cccc(CC)c1)C[C@@H](O)[C@@H](N)Cc1cc(F)cc(F)c1.CCCC(CCC)S(=O)(=O)CC(NC(=O)c1cnc[nH]1)C(=O)N(Cc1cccc(CC)c1)C[C@@H](O)[C@@H](N)Cc1cc(F)cc(F)c1.CCCC(CCC)S(=O)(=O)CC(NC(=O)c1cnccn1)C(=O)N(Cc1cccc(CC)c1)C[C@@H](O)[C@@H](N)Cc1cc(F)cc(F)c1. The summed E-state index contributed by atoms with van der Waals surface area (Å²) in [6, 6.07) is 25.0. The van der Waals surface area contributed by atoms with Crippen LogP contribution in [0, 0.1) is 34.9 Å². The van der Waals surface area contributed by atoms with Gasteiger partial charge >= 0.3 is 0 Å². The van der Waals surface area contributed by atoms with Crippen molar-refractivity contribution in [2.45, 2.75) is 268 Å². The minimum Gasteiger partial charge on any atom is -0.494 e. The quantitative estimate of drug-likeness (QED) is 0.0158. The molecule has 6 amide bonds. The highest BCUT2D eigenvalue weighted by atomic mass is 32.2. The Bertz CT molecular complexity index is 5930. The molecule has 9 aromatic rings. The van der Waals surface area contributed by atoms with Crippen LogP contribution in [0.15, 0.2) is 175 Å². The first kappa shape index (κ1) is 117. The Labute approximate surface area is 827 Å². The zero-order valence-electron chi connectivity index (χ0n) is 81.7. The summed E-state index contributed by atoms with van der Waals surface area (Å²) < 4.78 is 165. The van der Waals surface area contributed by atoms with Gasteiger partial charge in [-0.2, -0.15) is 0 Å². The predicted octanol–water partition coefficient (Wildman–Crippen LogP) is 10.8. The van der Waals surface area contributed by atoms with Gasteiger partial charge < -0.3 is 73.3 Å². The van der Waals surface area contributed by atoms with E-state index in [-0.39, 0.29) is 85.6 Å². The number of sulfone groups is 3. The lowest BCUT2D eigenvalue weighted by Crippen LogP contribution is -2.55. The van der Waals surface area contributed by atoms with Crippen LogP contribution in [-0.4, -0.2) is 228 Å². The van der Waals surface area contributed by atoms with E-state index in [0.29, 0.717) is 101 Å². The van der Waals surface area contributed by atoms with E-state index in [1.807, 2.05) is 111 Å². The van der Waals surface area contributed by atoms with Crippen LogP contribution in [0.3, 0.4) is 0 Å². The van der Waals surface area contributed by atoms with Gasteiger partial charge in [-0.15, -0.1) is 0 Å². The van der Waals surface area contributed by atoms with E-state index in [1.54, 1.807) is 24.3 Å².